The van der Waals surface area contributed by atoms with Gasteiger partial charge in [-0.05, 0) is 40.7 Å². The number of nitrogens with two attached hydrogens (primary N) is 1. The lowest BCUT2D eigenvalue weighted by molar-refractivity contribution is 0.619. The quantitative estimate of drug-likeness (QED) is 0.823. The summed E-state index contributed by atoms with van der Waals surface area (Å²) >= 11 is 0. The lowest BCUT2D eigenvalue weighted by Crippen LogP contribution is -2.38. The average Bonchev–Trinajstić information content (AvgIpc) is 2.80. The van der Waals surface area contributed by atoms with Crippen molar-refractivity contribution in [3.63, 3.8) is 0 Å². The summed E-state index contributed by atoms with van der Waals surface area (Å²) in [6.07, 6.45) is 6.63. The molecule has 0 saturated carbocycles. The van der Waals surface area contributed by atoms with Crippen molar-refractivity contribution in [1.82, 2.24) is 0 Å². The van der Waals surface area contributed by atoms with E-state index in [9.17, 15) is 0 Å². The third-order valence-corrected chi connectivity index (χ3v) is 4.52. The van der Waals surface area contributed by atoms with Crippen LogP contribution in [0.25, 0.3) is 5.57 Å². The molecule has 20 heavy (non-hydrogen) atoms. The first-order valence-corrected chi connectivity index (χ1v) is 7.16. The van der Waals surface area contributed by atoms with Crippen LogP contribution in [0.5, 0.6) is 0 Å². The maximum absolute atomic E-state index is 6.95. The molecule has 0 heterocycles. The second kappa shape index (κ2) is 4.19. The maximum Gasteiger partial charge on any atom is 0.0897 e. The molecule has 0 aromatic heterocycles. The topological polar surface area (TPSA) is 26.0 Å². The van der Waals surface area contributed by atoms with E-state index in [-0.39, 0.29) is 0 Å². The minimum Gasteiger partial charge on any atom is -0.314 e. The van der Waals surface area contributed by atoms with E-state index in [1.165, 1.54) is 27.8 Å². The number of fused-ring (bicyclic) bond motifs is 2. The third-order valence-electron chi connectivity index (χ3n) is 4.52. The van der Waals surface area contributed by atoms with Gasteiger partial charge in [0.05, 0.1) is 5.54 Å². The van der Waals surface area contributed by atoms with Crippen molar-refractivity contribution in [2.75, 3.05) is 0 Å². The van der Waals surface area contributed by atoms with Gasteiger partial charge < -0.3 is 5.73 Å². The smallest absolute Gasteiger partial charge is 0.0897 e. The van der Waals surface area contributed by atoms with E-state index in [1.54, 1.807) is 0 Å². The maximum atomic E-state index is 6.95. The van der Waals surface area contributed by atoms with Crippen molar-refractivity contribution in [2.45, 2.75) is 18.4 Å². The van der Waals surface area contributed by atoms with Gasteiger partial charge in [0.2, 0.25) is 0 Å². The van der Waals surface area contributed by atoms with Crippen LogP contribution >= 0.6 is 0 Å². The molecule has 0 amide bonds. The fourth-order valence-corrected chi connectivity index (χ4v) is 3.58. The molecule has 1 unspecified atom stereocenters. The molecule has 2 N–H and O–H groups in total. The first kappa shape index (κ1) is 11.7. The van der Waals surface area contributed by atoms with Gasteiger partial charge in [0.15, 0.2) is 0 Å². The van der Waals surface area contributed by atoms with Gasteiger partial charge in [-0.25, -0.2) is 0 Å². The van der Waals surface area contributed by atoms with Crippen LogP contribution in [0.1, 0.15) is 29.5 Å². The van der Waals surface area contributed by atoms with Crippen LogP contribution in [0.3, 0.4) is 0 Å². The van der Waals surface area contributed by atoms with Crippen molar-refractivity contribution in [1.29, 1.82) is 0 Å². The summed E-state index contributed by atoms with van der Waals surface area (Å²) in [4.78, 5) is 0. The summed E-state index contributed by atoms with van der Waals surface area (Å²) in [7, 11) is 0. The zero-order valence-corrected chi connectivity index (χ0v) is 11.3. The molecular formula is C19H17N. The van der Waals surface area contributed by atoms with Crippen molar-refractivity contribution >= 4 is 5.57 Å². The molecule has 0 radical (unpaired) electrons. The molecule has 0 aliphatic heterocycles. The van der Waals surface area contributed by atoms with Crippen LogP contribution in [0.2, 0.25) is 0 Å². The average molecular weight is 259 g/mol. The highest BCUT2D eigenvalue weighted by Gasteiger charge is 2.42. The standard InChI is InChI=1S/C19H17N/c20-19(14-8-2-1-3-9-14)17-12-6-4-10-15(17)16-11-5-7-13-18(16)19/h1-6,8-12H,7,13,20H2. The van der Waals surface area contributed by atoms with Crippen molar-refractivity contribution in [3.05, 3.63) is 89.0 Å². The Kier molecular flexibility index (Phi) is 2.45. The van der Waals surface area contributed by atoms with Crippen LogP contribution in [0, 0.1) is 0 Å². The Labute approximate surface area is 119 Å². The number of allylic oxidation sites excluding steroid dienone is 3. The molecule has 1 atom stereocenters. The van der Waals surface area contributed by atoms with Crippen LogP contribution in [-0.2, 0) is 5.54 Å². The van der Waals surface area contributed by atoms with Crippen LogP contribution in [0.15, 0.2) is 72.3 Å². The fraction of sp³-hybridized carbons (Fsp3) is 0.158. The normalized spacial score (nSPS) is 23.6. The third kappa shape index (κ3) is 1.41. The second-order valence-electron chi connectivity index (χ2n) is 5.55. The van der Waals surface area contributed by atoms with Crippen molar-refractivity contribution in [3.8, 4) is 0 Å². The largest absolute Gasteiger partial charge is 0.314 e. The van der Waals surface area contributed by atoms with Crippen molar-refractivity contribution in [2.24, 2.45) is 5.73 Å². The molecule has 1 heteroatoms. The Balaban J connectivity index is 2.04. The summed E-state index contributed by atoms with van der Waals surface area (Å²) < 4.78 is 0. The van der Waals surface area contributed by atoms with E-state index >= 15 is 0 Å². The Morgan fingerprint density at radius 2 is 1.65 bits per heavy atom. The molecule has 98 valence electrons. The highest BCUT2D eigenvalue weighted by atomic mass is 14.8. The molecule has 2 aromatic carbocycles. The molecular weight excluding hydrogens is 242 g/mol. The summed E-state index contributed by atoms with van der Waals surface area (Å²) in [5.74, 6) is 0. The highest BCUT2D eigenvalue weighted by Crippen LogP contribution is 2.50. The van der Waals surface area contributed by atoms with Gasteiger partial charge in [0, 0.05) is 0 Å². The molecule has 2 aliphatic rings. The Morgan fingerprint density at radius 3 is 2.50 bits per heavy atom. The van der Waals surface area contributed by atoms with Crippen LogP contribution < -0.4 is 5.73 Å². The molecule has 0 bridgehead atoms. The molecule has 1 nitrogen and oxygen atoms in total. The first-order chi connectivity index (χ1) is 9.82. The van der Waals surface area contributed by atoms with Crippen molar-refractivity contribution < 1.29 is 0 Å². The minimum absolute atomic E-state index is 0.460. The zero-order chi connectivity index (χ0) is 13.6. The van der Waals surface area contributed by atoms with E-state index in [4.69, 9.17) is 5.73 Å². The molecule has 4 rings (SSSR count). The molecule has 0 saturated heterocycles. The number of hydrogen-bond acceptors (Lipinski definition) is 1. The molecule has 2 aliphatic carbocycles. The Bertz CT molecular complexity index is 724. The molecule has 0 fully saturated rings. The van der Waals surface area contributed by atoms with Gasteiger partial charge in [-0.1, -0.05) is 66.7 Å². The van der Waals surface area contributed by atoms with E-state index < -0.39 is 5.54 Å². The van der Waals surface area contributed by atoms with Gasteiger partial charge >= 0.3 is 0 Å². The first-order valence-electron chi connectivity index (χ1n) is 7.16. The number of rotatable bonds is 1. The predicted octanol–water partition coefficient (Wildman–Crippen LogP) is 4.01. The zero-order valence-electron chi connectivity index (χ0n) is 11.3. The van der Waals surface area contributed by atoms with Crippen LogP contribution in [0.4, 0.5) is 0 Å². The van der Waals surface area contributed by atoms with E-state index in [2.05, 4.69) is 60.7 Å². The predicted molar refractivity (Wildman–Crippen MR) is 83.1 cm³/mol. The van der Waals surface area contributed by atoms with E-state index in [1.807, 2.05) is 6.07 Å². The number of hydrogen-bond donors (Lipinski definition) is 1. The SMILES string of the molecule is NC1(c2ccccc2)C2=C(C=CCC2)c2ccccc21. The highest BCUT2D eigenvalue weighted by molar-refractivity contribution is 5.88. The number of benzene rings is 2. The summed E-state index contributed by atoms with van der Waals surface area (Å²) in [6, 6.07) is 19.0. The summed E-state index contributed by atoms with van der Waals surface area (Å²) in [5.41, 5.74) is 12.9. The van der Waals surface area contributed by atoms with Gasteiger partial charge in [-0.3, -0.25) is 0 Å². The van der Waals surface area contributed by atoms with Crippen LogP contribution in [-0.4, -0.2) is 0 Å². The molecule has 0 spiro atoms. The minimum atomic E-state index is -0.460. The lowest BCUT2D eigenvalue weighted by atomic mass is 9.78. The Morgan fingerprint density at radius 1 is 0.900 bits per heavy atom. The van der Waals surface area contributed by atoms with Gasteiger partial charge in [0.1, 0.15) is 0 Å². The van der Waals surface area contributed by atoms with Gasteiger partial charge in [-0.15, -0.1) is 0 Å². The monoisotopic (exact) mass is 259 g/mol. The molecule has 2 aromatic rings. The summed E-state index contributed by atoms with van der Waals surface area (Å²) in [6.45, 7) is 0. The van der Waals surface area contributed by atoms with E-state index in [0.717, 1.165) is 12.8 Å². The van der Waals surface area contributed by atoms with Gasteiger partial charge in [0.25, 0.3) is 0 Å². The second-order valence-corrected chi connectivity index (χ2v) is 5.55. The summed E-state index contributed by atoms with van der Waals surface area (Å²) in [5, 5.41) is 0. The van der Waals surface area contributed by atoms with E-state index in [0.29, 0.717) is 0 Å². The van der Waals surface area contributed by atoms with Gasteiger partial charge in [-0.2, -0.15) is 0 Å². The Hall–Kier alpha value is -2.12. The lowest BCUT2D eigenvalue weighted by Gasteiger charge is -2.31. The fourth-order valence-electron chi connectivity index (χ4n) is 3.58.